The first-order valence-electron chi connectivity index (χ1n) is 7.60. The summed E-state index contributed by atoms with van der Waals surface area (Å²) in [6.07, 6.45) is 1.41. The maximum atomic E-state index is 12.6. The molecule has 0 N–H and O–H groups in total. The number of rotatable bonds is 3. The summed E-state index contributed by atoms with van der Waals surface area (Å²) in [4.78, 5) is 0. The highest BCUT2D eigenvalue weighted by Gasteiger charge is 2.31. The van der Waals surface area contributed by atoms with Crippen LogP contribution in [-0.4, -0.2) is 40.8 Å². The van der Waals surface area contributed by atoms with Crippen molar-refractivity contribution in [1.82, 2.24) is 19.3 Å². The molecule has 0 unspecified atom stereocenters. The summed E-state index contributed by atoms with van der Waals surface area (Å²) in [5.41, 5.74) is 1.69. The van der Waals surface area contributed by atoms with Gasteiger partial charge in [0.1, 0.15) is 9.73 Å². The molecule has 0 bridgehead atoms. The molecule has 1 aliphatic heterocycles. The highest BCUT2D eigenvalue weighted by Crippen LogP contribution is 2.30. The van der Waals surface area contributed by atoms with Gasteiger partial charge in [0.05, 0.1) is 11.6 Å². The summed E-state index contributed by atoms with van der Waals surface area (Å²) in [6, 6.07) is 9.03. The Bertz CT molecular complexity index is 961. The van der Waals surface area contributed by atoms with Crippen LogP contribution in [0, 0.1) is 0 Å². The van der Waals surface area contributed by atoms with Crippen molar-refractivity contribution < 1.29 is 8.42 Å². The maximum Gasteiger partial charge on any atom is 0.252 e. The van der Waals surface area contributed by atoms with Crippen LogP contribution in [0.2, 0.25) is 5.02 Å². The van der Waals surface area contributed by atoms with E-state index in [0.717, 1.165) is 11.0 Å². The van der Waals surface area contributed by atoms with Gasteiger partial charge in [0, 0.05) is 18.1 Å². The summed E-state index contributed by atoms with van der Waals surface area (Å²) < 4.78 is 29.0. The van der Waals surface area contributed by atoms with Gasteiger partial charge >= 0.3 is 0 Å². The van der Waals surface area contributed by atoms with Crippen LogP contribution in [0.4, 0.5) is 0 Å². The molecule has 0 aliphatic carbocycles. The zero-order chi connectivity index (χ0) is 16.7. The van der Waals surface area contributed by atoms with Crippen LogP contribution in [0.1, 0.15) is 18.9 Å². The number of piperidine rings is 1. The molecule has 1 aliphatic rings. The minimum Gasteiger partial charge on any atom is -0.241 e. The quantitative estimate of drug-likeness (QED) is 0.697. The van der Waals surface area contributed by atoms with E-state index < -0.39 is 10.0 Å². The molecule has 0 spiro atoms. The standard InChI is InChI=1S/C15H15ClN4O2S2/c16-11-3-4-13-14(10-11)20(18-17-13)12-5-7-19(8-6-12)24(21,22)15-2-1-9-23-15/h1-4,9-10,12H,5-8H2. The average molecular weight is 383 g/mol. The Balaban J connectivity index is 1.55. The van der Waals surface area contributed by atoms with Gasteiger partial charge in [-0.1, -0.05) is 22.9 Å². The molecule has 2 aromatic heterocycles. The summed E-state index contributed by atoms with van der Waals surface area (Å²) in [6.45, 7) is 0.958. The summed E-state index contributed by atoms with van der Waals surface area (Å²) in [7, 11) is -3.37. The van der Waals surface area contributed by atoms with Crippen LogP contribution in [0.5, 0.6) is 0 Å². The topological polar surface area (TPSA) is 68.1 Å². The second-order valence-corrected chi connectivity index (χ2v) is 9.28. The minimum absolute atomic E-state index is 0.128. The predicted molar refractivity (Wildman–Crippen MR) is 93.9 cm³/mol. The van der Waals surface area contributed by atoms with Gasteiger partial charge in [-0.3, -0.25) is 0 Å². The van der Waals surface area contributed by atoms with Gasteiger partial charge in [0.15, 0.2) is 0 Å². The fourth-order valence-electron chi connectivity index (χ4n) is 3.04. The third kappa shape index (κ3) is 2.73. The largest absolute Gasteiger partial charge is 0.252 e. The molecular weight excluding hydrogens is 368 g/mol. The Labute approximate surface area is 148 Å². The number of hydrogen-bond acceptors (Lipinski definition) is 5. The maximum absolute atomic E-state index is 12.6. The predicted octanol–water partition coefficient (Wildman–Crippen LogP) is 3.17. The third-order valence-electron chi connectivity index (χ3n) is 4.29. The van der Waals surface area contributed by atoms with Gasteiger partial charge in [0.25, 0.3) is 10.0 Å². The number of nitrogens with zero attached hydrogens (tertiary/aromatic N) is 4. The van der Waals surface area contributed by atoms with Crippen molar-refractivity contribution in [3.63, 3.8) is 0 Å². The molecule has 6 nitrogen and oxygen atoms in total. The molecule has 3 aromatic rings. The molecule has 1 fully saturated rings. The lowest BCUT2D eigenvalue weighted by molar-refractivity contribution is 0.263. The van der Waals surface area contributed by atoms with Crippen molar-refractivity contribution in [3.05, 3.63) is 40.7 Å². The van der Waals surface area contributed by atoms with E-state index in [4.69, 9.17) is 11.6 Å². The number of fused-ring (bicyclic) bond motifs is 1. The molecular formula is C15H15ClN4O2S2. The van der Waals surface area contributed by atoms with Crippen LogP contribution in [0.3, 0.4) is 0 Å². The van der Waals surface area contributed by atoms with Crippen LogP contribution in [0.25, 0.3) is 11.0 Å². The highest BCUT2D eigenvalue weighted by atomic mass is 35.5. The summed E-state index contributed by atoms with van der Waals surface area (Å²) in [5.74, 6) is 0. The monoisotopic (exact) mass is 382 g/mol. The van der Waals surface area contributed by atoms with Crippen LogP contribution < -0.4 is 0 Å². The lowest BCUT2D eigenvalue weighted by Crippen LogP contribution is -2.38. The smallest absolute Gasteiger partial charge is 0.241 e. The Morgan fingerprint density at radius 2 is 2.00 bits per heavy atom. The SMILES string of the molecule is O=S(=O)(c1cccs1)N1CCC(n2nnc3ccc(Cl)cc32)CC1. The van der Waals surface area contributed by atoms with Gasteiger partial charge in [0.2, 0.25) is 0 Å². The van der Waals surface area contributed by atoms with Gasteiger partial charge < -0.3 is 0 Å². The molecule has 126 valence electrons. The third-order valence-corrected chi connectivity index (χ3v) is 7.80. The van der Waals surface area contributed by atoms with Crippen molar-refractivity contribution in [2.75, 3.05) is 13.1 Å². The Kier molecular flexibility index (Phi) is 4.07. The number of thiophene rings is 1. The van der Waals surface area contributed by atoms with Crippen LogP contribution >= 0.6 is 22.9 Å². The Morgan fingerprint density at radius 3 is 2.71 bits per heavy atom. The average Bonchev–Trinajstić information content (AvgIpc) is 3.25. The normalized spacial score (nSPS) is 17.5. The van der Waals surface area contributed by atoms with E-state index in [-0.39, 0.29) is 6.04 Å². The lowest BCUT2D eigenvalue weighted by atomic mass is 10.1. The highest BCUT2D eigenvalue weighted by molar-refractivity contribution is 7.91. The first kappa shape index (κ1) is 16.0. The van der Waals surface area contributed by atoms with Crippen molar-refractivity contribution in [2.45, 2.75) is 23.1 Å². The number of halogens is 1. The van der Waals surface area contributed by atoms with Gasteiger partial charge in [-0.15, -0.1) is 16.4 Å². The van der Waals surface area contributed by atoms with Gasteiger partial charge in [-0.05, 0) is 42.5 Å². The van der Waals surface area contributed by atoms with E-state index in [1.165, 1.54) is 11.3 Å². The van der Waals surface area contributed by atoms with Crippen molar-refractivity contribution >= 4 is 44.0 Å². The number of aromatic nitrogens is 3. The van der Waals surface area contributed by atoms with Crippen molar-refractivity contribution in [3.8, 4) is 0 Å². The van der Waals surface area contributed by atoms with E-state index in [2.05, 4.69) is 10.3 Å². The first-order chi connectivity index (χ1) is 11.6. The lowest BCUT2D eigenvalue weighted by Gasteiger charge is -2.30. The van der Waals surface area contributed by atoms with E-state index in [9.17, 15) is 8.42 Å². The molecule has 0 radical (unpaired) electrons. The molecule has 1 aromatic carbocycles. The number of hydrogen-bond donors (Lipinski definition) is 0. The summed E-state index contributed by atoms with van der Waals surface area (Å²) in [5, 5.41) is 10.8. The van der Waals surface area contributed by atoms with Gasteiger partial charge in [-0.2, -0.15) is 4.31 Å². The molecule has 1 saturated heterocycles. The molecule has 24 heavy (non-hydrogen) atoms. The van der Waals surface area contributed by atoms with Crippen molar-refractivity contribution in [2.24, 2.45) is 0 Å². The van der Waals surface area contributed by atoms with Crippen LogP contribution in [-0.2, 0) is 10.0 Å². The fraction of sp³-hybridized carbons (Fsp3) is 0.333. The van der Waals surface area contributed by atoms with Gasteiger partial charge in [-0.25, -0.2) is 13.1 Å². The van der Waals surface area contributed by atoms with E-state index in [0.29, 0.717) is 35.2 Å². The molecule has 0 saturated carbocycles. The van der Waals surface area contributed by atoms with Crippen LogP contribution in [0.15, 0.2) is 39.9 Å². The number of sulfonamides is 1. The van der Waals surface area contributed by atoms with E-state index in [1.807, 2.05) is 16.8 Å². The molecule has 9 heteroatoms. The fourth-order valence-corrected chi connectivity index (χ4v) is 5.82. The second-order valence-electron chi connectivity index (χ2n) is 5.73. The Hall–Kier alpha value is -1.48. The van der Waals surface area contributed by atoms with E-state index >= 15 is 0 Å². The zero-order valence-corrected chi connectivity index (χ0v) is 15.1. The molecule has 0 amide bonds. The second kappa shape index (κ2) is 6.11. The minimum atomic E-state index is -3.37. The van der Waals surface area contributed by atoms with E-state index in [1.54, 1.807) is 27.9 Å². The molecule has 3 heterocycles. The summed E-state index contributed by atoms with van der Waals surface area (Å²) >= 11 is 7.32. The number of benzene rings is 1. The zero-order valence-electron chi connectivity index (χ0n) is 12.7. The molecule has 0 atom stereocenters. The Morgan fingerprint density at radius 1 is 1.21 bits per heavy atom. The first-order valence-corrected chi connectivity index (χ1v) is 10.3. The van der Waals surface area contributed by atoms with Crippen molar-refractivity contribution in [1.29, 1.82) is 0 Å². The molecule has 4 rings (SSSR count).